The molecule has 0 aromatic heterocycles. The quantitative estimate of drug-likeness (QED) is 0.339. The third-order valence-electron chi connectivity index (χ3n) is 5.07. The van der Waals surface area contributed by atoms with Crippen LogP contribution in [0.25, 0.3) is 0 Å². The van der Waals surface area contributed by atoms with Crippen LogP contribution in [0.15, 0.2) is 78.9 Å². The van der Waals surface area contributed by atoms with Crippen LogP contribution in [0.4, 0.5) is 5.69 Å². The van der Waals surface area contributed by atoms with Crippen LogP contribution in [0.5, 0.6) is 5.75 Å². The average molecular weight is 447 g/mol. The van der Waals surface area contributed by atoms with Crippen molar-refractivity contribution in [3.05, 3.63) is 95.6 Å². The van der Waals surface area contributed by atoms with Gasteiger partial charge in [-0.1, -0.05) is 63.2 Å². The van der Waals surface area contributed by atoms with Crippen molar-refractivity contribution in [3.8, 4) is 5.75 Å². The maximum atomic E-state index is 12.5. The first-order chi connectivity index (χ1) is 15.3. The summed E-state index contributed by atoms with van der Waals surface area (Å²) in [5.74, 6) is 0.568. The summed E-state index contributed by atoms with van der Waals surface area (Å²) in [7, 11) is 0. The molecule has 0 radical (unpaired) electrons. The van der Waals surface area contributed by atoms with Gasteiger partial charge in [0.1, 0.15) is 5.75 Å². The minimum absolute atomic E-state index is 0.0453. The van der Waals surface area contributed by atoms with E-state index in [0.717, 1.165) is 24.3 Å². The Morgan fingerprint density at radius 3 is 2.19 bits per heavy atom. The molecule has 0 unspecified atom stereocenters. The van der Waals surface area contributed by atoms with Gasteiger partial charge in [-0.05, 0) is 78.0 Å². The van der Waals surface area contributed by atoms with Crippen LogP contribution in [0.3, 0.4) is 0 Å². The second kappa shape index (κ2) is 10.9. The third-order valence-corrected chi connectivity index (χ3v) is 5.28. The SMILES string of the molecule is CC(C)(C)c1ccc(C(=O)NC(=S)Nc2ccc(OCCCc3ccccc3)cc2)cc1. The number of rotatable bonds is 7. The number of amides is 1. The summed E-state index contributed by atoms with van der Waals surface area (Å²) in [6.07, 6.45) is 1.95. The molecule has 166 valence electrons. The number of hydrogen-bond acceptors (Lipinski definition) is 3. The van der Waals surface area contributed by atoms with Gasteiger partial charge >= 0.3 is 0 Å². The van der Waals surface area contributed by atoms with Gasteiger partial charge in [0.15, 0.2) is 5.11 Å². The van der Waals surface area contributed by atoms with Crippen molar-refractivity contribution in [2.45, 2.75) is 39.0 Å². The number of aryl methyl sites for hydroxylation is 1. The highest BCUT2D eigenvalue weighted by Crippen LogP contribution is 2.22. The zero-order chi connectivity index (χ0) is 23.0. The highest BCUT2D eigenvalue weighted by molar-refractivity contribution is 7.80. The fourth-order valence-corrected chi connectivity index (χ4v) is 3.42. The fourth-order valence-electron chi connectivity index (χ4n) is 3.20. The van der Waals surface area contributed by atoms with Crippen LogP contribution in [0, 0.1) is 0 Å². The Morgan fingerprint density at radius 1 is 0.906 bits per heavy atom. The summed E-state index contributed by atoms with van der Waals surface area (Å²) in [6, 6.07) is 25.5. The number of carbonyl (C=O) groups is 1. The van der Waals surface area contributed by atoms with Gasteiger partial charge in [0.2, 0.25) is 0 Å². The summed E-state index contributed by atoms with van der Waals surface area (Å²) in [5, 5.41) is 6.02. The van der Waals surface area contributed by atoms with Crippen LogP contribution in [-0.2, 0) is 11.8 Å². The Morgan fingerprint density at radius 2 is 1.56 bits per heavy atom. The van der Waals surface area contributed by atoms with Gasteiger partial charge in [-0.15, -0.1) is 0 Å². The number of hydrogen-bond donors (Lipinski definition) is 2. The normalized spacial score (nSPS) is 11.0. The van der Waals surface area contributed by atoms with Gasteiger partial charge in [-0.25, -0.2) is 0 Å². The van der Waals surface area contributed by atoms with Gasteiger partial charge in [0, 0.05) is 11.3 Å². The maximum Gasteiger partial charge on any atom is 0.257 e. The maximum absolute atomic E-state index is 12.5. The Kier molecular flexibility index (Phi) is 8.01. The zero-order valence-electron chi connectivity index (χ0n) is 18.9. The minimum Gasteiger partial charge on any atom is -0.494 e. The molecule has 0 aliphatic heterocycles. The molecule has 32 heavy (non-hydrogen) atoms. The van der Waals surface area contributed by atoms with E-state index < -0.39 is 0 Å². The molecule has 3 rings (SSSR count). The topological polar surface area (TPSA) is 50.4 Å². The third kappa shape index (κ3) is 7.20. The Hall–Kier alpha value is -3.18. The Labute approximate surface area is 196 Å². The summed E-state index contributed by atoms with van der Waals surface area (Å²) in [4.78, 5) is 12.5. The molecule has 3 aromatic rings. The number of nitrogens with one attached hydrogen (secondary N) is 2. The van der Waals surface area contributed by atoms with Crippen molar-refractivity contribution in [1.82, 2.24) is 5.32 Å². The predicted molar refractivity (Wildman–Crippen MR) is 136 cm³/mol. The van der Waals surface area contributed by atoms with Gasteiger partial charge in [-0.2, -0.15) is 0 Å². The van der Waals surface area contributed by atoms with E-state index in [4.69, 9.17) is 17.0 Å². The second-order valence-corrected chi connectivity index (χ2v) is 9.11. The van der Waals surface area contributed by atoms with Crippen LogP contribution < -0.4 is 15.4 Å². The molecule has 0 aliphatic carbocycles. The van der Waals surface area contributed by atoms with Crippen molar-refractivity contribution in [3.63, 3.8) is 0 Å². The van der Waals surface area contributed by atoms with Gasteiger partial charge in [0.25, 0.3) is 5.91 Å². The Bertz CT molecular complexity index is 1020. The molecule has 0 saturated carbocycles. The summed E-state index contributed by atoms with van der Waals surface area (Å²) >= 11 is 5.29. The number of thiocarbonyl (C=S) groups is 1. The summed E-state index contributed by atoms with van der Waals surface area (Å²) < 4.78 is 5.81. The van der Waals surface area contributed by atoms with Crippen LogP contribution in [-0.4, -0.2) is 17.6 Å². The molecule has 0 bridgehead atoms. The van der Waals surface area contributed by atoms with Gasteiger partial charge in [0.05, 0.1) is 6.61 Å². The van der Waals surface area contributed by atoms with E-state index in [1.807, 2.05) is 54.6 Å². The van der Waals surface area contributed by atoms with Crippen molar-refractivity contribution >= 4 is 28.9 Å². The Balaban J connectivity index is 1.43. The number of ether oxygens (including phenoxy) is 1. The molecule has 0 saturated heterocycles. The summed E-state index contributed by atoms with van der Waals surface area (Å²) in [5.41, 5.74) is 3.90. The van der Waals surface area contributed by atoms with Crippen molar-refractivity contribution in [2.24, 2.45) is 0 Å². The highest BCUT2D eigenvalue weighted by atomic mass is 32.1. The lowest BCUT2D eigenvalue weighted by molar-refractivity contribution is 0.0977. The molecule has 0 atom stereocenters. The molecule has 2 N–H and O–H groups in total. The number of carbonyl (C=O) groups excluding carboxylic acids is 1. The molecule has 3 aromatic carbocycles. The smallest absolute Gasteiger partial charge is 0.257 e. The molecule has 0 spiro atoms. The van der Waals surface area contributed by atoms with E-state index in [9.17, 15) is 4.79 Å². The molecule has 5 heteroatoms. The molecule has 0 aliphatic rings. The lowest BCUT2D eigenvalue weighted by atomic mass is 9.87. The molecule has 0 heterocycles. The first kappa shape index (κ1) is 23.5. The van der Waals surface area contributed by atoms with E-state index in [1.165, 1.54) is 11.1 Å². The number of anilines is 1. The molecule has 0 fully saturated rings. The van der Waals surface area contributed by atoms with E-state index >= 15 is 0 Å². The van der Waals surface area contributed by atoms with Crippen LogP contribution in [0.1, 0.15) is 48.7 Å². The minimum atomic E-state index is -0.235. The molecular weight excluding hydrogens is 416 g/mol. The van der Waals surface area contributed by atoms with E-state index in [1.54, 1.807) is 0 Å². The van der Waals surface area contributed by atoms with Crippen molar-refractivity contribution < 1.29 is 9.53 Å². The predicted octanol–water partition coefficient (Wildman–Crippen LogP) is 6.12. The highest BCUT2D eigenvalue weighted by Gasteiger charge is 2.14. The van der Waals surface area contributed by atoms with Crippen LogP contribution in [0.2, 0.25) is 0 Å². The standard InChI is InChI=1S/C27H30N2O2S/c1-27(2,3)22-13-11-21(12-14-22)25(30)29-26(32)28-23-15-17-24(18-16-23)31-19-7-10-20-8-5-4-6-9-20/h4-6,8-9,11-18H,7,10,19H2,1-3H3,(H2,28,29,30,32). The van der Waals surface area contributed by atoms with Crippen molar-refractivity contribution in [2.75, 3.05) is 11.9 Å². The van der Waals surface area contributed by atoms with E-state index in [-0.39, 0.29) is 16.4 Å². The zero-order valence-corrected chi connectivity index (χ0v) is 19.7. The lowest BCUT2D eigenvalue weighted by Crippen LogP contribution is -2.34. The lowest BCUT2D eigenvalue weighted by Gasteiger charge is -2.19. The monoisotopic (exact) mass is 446 g/mol. The molecular formula is C27H30N2O2S. The van der Waals surface area contributed by atoms with Gasteiger partial charge < -0.3 is 10.1 Å². The van der Waals surface area contributed by atoms with E-state index in [2.05, 4.69) is 55.7 Å². The first-order valence-electron chi connectivity index (χ1n) is 10.8. The number of benzene rings is 3. The fraction of sp³-hybridized carbons (Fsp3) is 0.259. The van der Waals surface area contributed by atoms with E-state index in [0.29, 0.717) is 12.2 Å². The average Bonchev–Trinajstić information content (AvgIpc) is 2.78. The molecule has 1 amide bonds. The van der Waals surface area contributed by atoms with Crippen molar-refractivity contribution in [1.29, 1.82) is 0 Å². The van der Waals surface area contributed by atoms with Crippen LogP contribution >= 0.6 is 12.2 Å². The largest absolute Gasteiger partial charge is 0.494 e. The summed E-state index contributed by atoms with van der Waals surface area (Å²) in [6.45, 7) is 7.08. The second-order valence-electron chi connectivity index (χ2n) is 8.70. The molecule has 4 nitrogen and oxygen atoms in total. The van der Waals surface area contributed by atoms with Gasteiger partial charge in [-0.3, -0.25) is 10.1 Å². The first-order valence-corrected chi connectivity index (χ1v) is 11.2.